The molecule has 0 unspecified atom stereocenters. The van der Waals surface area contributed by atoms with E-state index < -0.39 is 0 Å². The van der Waals surface area contributed by atoms with Crippen LogP contribution in [-0.2, 0) is 0 Å². The molecule has 26 heavy (non-hydrogen) atoms. The van der Waals surface area contributed by atoms with Crippen molar-refractivity contribution in [2.24, 2.45) is 0 Å². The number of thiocarbonyl (C=S) groups is 1. The van der Waals surface area contributed by atoms with Gasteiger partial charge >= 0.3 is 0 Å². The third-order valence-electron chi connectivity index (χ3n) is 4.99. The second kappa shape index (κ2) is 8.95. The highest BCUT2D eigenvalue weighted by atomic mass is 32.1. The Balaban J connectivity index is 1.68. The maximum absolute atomic E-state index is 5.60. The van der Waals surface area contributed by atoms with Crippen molar-refractivity contribution in [1.29, 1.82) is 0 Å². The van der Waals surface area contributed by atoms with Crippen molar-refractivity contribution in [3.8, 4) is 0 Å². The summed E-state index contributed by atoms with van der Waals surface area (Å²) in [4.78, 5) is 6.37. The summed E-state index contributed by atoms with van der Waals surface area (Å²) in [6, 6.07) is 13.2. The Morgan fingerprint density at radius 3 is 2.50 bits per heavy atom. The van der Waals surface area contributed by atoms with Gasteiger partial charge in [0, 0.05) is 42.8 Å². The lowest BCUT2D eigenvalue weighted by molar-refractivity contribution is 0.0990. The number of likely N-dealkylation sites (N-methyl/N-ethyl adjacent to an activating group) is 1. The van der Waals surface area contributed by atoms with Crippen LogP contribution in [-0.4, -0.2) is 54.2 Å². The third-order valence-corrected chi connectivity index (χ3v) is 6.15. The van der Waals surface area contributed by atoms with Crippen molar-refractivity contribution in [2.75, 3.05) is 38.5 Å². The van der Waals surface area contributed by atoms with E-state index in [-0.39, 0.29) is 6.04 Å². The van der Waals surface area contributed by atoms with E-state index in [0.717, 1.165) is 31.9 Å². The fraction of sp³-hybridized carbons (Fsp3) is 0.450. The average molecular weight is 389 g/mol. The highest BCUT2D eigenvalue weighted by molar-refractivity contribution is 7.80. The third kappa shape index (κ3) is 4.82. The maximum atomic E-state index is 5.60. The Kier molecular flexibility index (Phi) is 6.64. The van der Waals surface area contributed by atoms with Gasteiger partial charge in [-0.1, -0.05) is 24.3 Å². The van der Waals surface area contributed by atoms with Crippen molar-refractivity contribution in [1.82, 2.24) is 15.1 Å². The summed E-state index contributed by atoms with van der Waals surface area (Å²) in [5.74, 6) is 0. The molecule has 0 aliphatic carbocycles. The van der Waals surface area contributed by atoms with Gasteiger partial charge in [-0.3, -0.25) is 4.90 Å². The van der Waals surface area contributed by atoms with Crippen molar-refractivity contribution < 1.29 is 0 Å². The second-order valence-electron chi connectivity index (χ2n) is 7.00. The van der Waals surface area contributed by atoms with Crippen LogP contribution in [0.15, 0.2) is 41.8 Å². The molecule has 4 nitrogen and oxygen atoms in total. The Labute approximate surface area is 166 Å². The first-order chi connectivity index (χ1) is 12.5. The Bertz CT molecular complexity index is 708. The first-order valence-corrected chi connectivity index (χ1v) is 10.4. The predicted molar refractivity (Wildman–Crippen MR) is 116 cm³/mol. The normalized spacial score (nSPS) is 18.3. The van der Waals surface area contributed by atoms with Gasteiger partial charge in [0.05, 0.1) is 6.04 Å². The fourth-order valence-corrected chi connectivity index (χ4v) is 4.72. The lowest BCUT2D eigenvalue weighted by Gasteiger charge is -2.40. The molecule has 0 amide bonds. The lowest BCUT2D eigenvalue weighted by atomic mass is 10.1. The molecule has 0 spiro atoms. The molecule has 2 N–H and O–H groups in total. The minimum absolute atomic E-state index is 0.223. The van der Waals surface area contributed by atoms with E-state index in [1.165, 1.54) is 10.4 Å². The van der Waals surface area contributed by atoms with Crippen molar-refractivity contribution in [2.45, 2.75) is 25.9 Å². The SMILES string of the molecule is Cc1ccccc1NC(=S)N[C@H](C)[C@@H](c1cccs1)N1CCN(C)CC1. The molecule has 140 valence electrons. The molecule has 2 heterocycles. The van der Waals surface area contributed by atoms with Gasteiger partial charge in [0.1, 0.15) is 0 Å². The molecule has 2 atom stereocenters. The van der Waals surface area contributed by atoms with Crippen LogP contribution in [0, 0.1) is 6.92 Å². The standard InChI is InChI=1S/C20H28N4S2/c1-15-7-4-5-8-17(15)22-20(25)21-16(2)19(18-9-6-14-26-18)24-12-10-23(3)11-13-24/h4-9,14,16,19H,10-13H2,1-3H3,(H2,21,22,25)/t16-,19+/m1/s1. The average Bonchev–Trinajstić information content (AvgIpc) is 3.13. The summed E-state index contributed by atoms with van der Waals surface area (Å²) in [7, 11) is 2.19. The molecular formula is C20H28N4S2. The summed E-state index contributed by atoms with van der Waals surface area (Å²) in [5.41, 5.74) is 2.25. The molecule has 0 bridgehead atoms. The summed E-state index contributed by atoms with van der Waals surface area (Å²) < 4.78 is 0. The van der Waals surface area contributed by atoms with Crippen molar-refractivity contribution >= 4 is 34.4 Å². The fourth-order valence-electron chi connectivity index (χ4n) is 3.46. The zero-order chi connectivity index (χ0) is 18.5. The molecule has 6 heteroatoms. The molecule has 1 aromatic heterocycles. The number of para-hydroxylation sites is 1. The van der Waals surface area contributed by atoms with Gasteiger partial charge in [0.25, 0.3) is 0 Å². The van der Waals surface area contributed by atoms with Gasteiger partial charge in [-0.05, 0) is 56.2 Å². The van der Waals surface area contributed by atoms with Gasteiger partial charge in [-0.2, -0.15) is 0 Å². The van der Waals surface area contributed by atoms with E-state index in [2.05, 4.69) is 71.0 Å². The smallest absolute Gasteiger partial charge is 0.171 e. The summed E-state index contributed by atoms with van der Waals surface area (Å²) in [5, 5.41) is 9.72. The Morgan fingerprint density at radius 1 is 1.12 bits per heavy atom. The maximum Gasteiger partial charge on any atom is 0.171 e. The van der Waals surface area contributed by atoms with Crippen LogP contribution in [0.4, 0.5) is 5.69 Å². The molecule has 3 rings (SSSR count). The summed E-state index contributed by atoms with van der Waals surface area (Å²) in [6.45, 7) is 8.72. The monoisotopic (exact) mass is 388 g/mol. The van der Waals surface area contributed by atoms with Gasteiger partial charge < -0.3 is 15.5 Å². The van der Waals surface area contributed by atoms with E-state index in [0.29, 0.717) is 11.2 Å². The number of anilines is 1. The number of benzene rings is 1. The topological polar surface area (TPSA) is 30.5 Å². The van der Waals surface area contributed by atoms with Gasteiger partial charge in [-0.25, -0.2) is 0 Å². The number of piperazine rings is 1. The zero-order valence-corrected chi connectivity index (χ0v) is 17.4. The molecule has 1 fully saturated rings. The van der Waals surface area contributed by atoms with Crippen molar-refractivity contribution in [3.05, 3.63) is 52.2 Å². The quantitative estimate of drug-likeness (QED) is 0.763. The minimum Gasteiger partial charge on any atom is -0.358 e. The van der Waals surface area contributed by atoms with Gasteiger partial charge in [0.15, 0.2) is 5.11 Å². The van der Waals surface area contributed by atoms with Crippen LogP contribution < -0.4 is 10.6 Å². The second-order valence-corrected chi connectivity index (χ2v) is 8.39. The largest absolute Gasteiger partial charge is 0.358 e. The molecule has 2 aromatic rings. The number of nitrogens with one attached hydrogen (secondary N) is 2. The van der Waals surface area contributed by atoms with Crippen molar-refractivity contribution in [3.63, 3.8) is 0 Å². The predicted octanol–water partition coefficient (Wildman–Crippen LogP) is 3.72. The van der Waals surface area contributed by atoms with Crippen LogP contribution in [0.25, 0.3) is 0 Å². The van der Waals surface area contributed by atoms with E-state index in [1.807, 2.05) is 23.5 Å². The highest BCUT2D eigenvalue weighted by Gasteiger charge is 2.29. The number of hydrogen-bond donors (Lipinski definition) is 2. The van der Waals surface area contributed by atoms with E-state index in [4.69, 9.17) is 12.2 Å². The molecule has 0 radical (unpaired) electrons. The number of hydrogen-bond acceptors (Lipinski definition) is 4. The van der Waals surface area contributed by atoms with E-state index in [9.17, 15) is 0 Å². The zero-order valence-electron chi connectivity index (χ0n) is 15.7. The first kappa shape index (κ1) is 19.3. The van der Waals surface area contributed by atoms with E-state index in [1.54, 1.807) is 0 Å². The van der Waals surface area contributed by atoms with Crippen LogP contribution >= 0.6 is 23.6 Å². The number of rotatable bonds is 5. The minimum atomic E-state index is 0.223. The molecule has 1 aliphatic rings. The Morgan fingerprint density at radius 2 is 1.85 bits per heavy atom. The number of aryl methyl sites for hydroxylation is 1. The van der Waals surface area contributed by atoms with Gasteiger partial charge in [0.2, 0.25) is 0 Å². The van der Waals surface area contributed by atoms with Gasteiger partial charge in [-0.15, -0.1) is 11.3 Å². The van der Waals surface area contributed by atoms with Crippen LogP contribution in [0.1, 0.15) is 23.4 Å². The highest BCUT2D eigenvalue weighted by Crippen LogP contribution is 2.29. The molecule has 1 saturated heterocycles. The Hall–Kier alpha value is -1.47. The lowest BCUT2D eigenvalue weighted by Crippen LogP contribution is -2.51. The molecular weight excluding hydrogens is 360 g/mol. The van der Waals surface area contributed by atoms with Crippen LogP contribution in [0.3, 0.4) is 0 Å². The summed E-state index contributed by atoms with van der Waals surface area (Å²) in [6.07, 6.45) is 0. The molecule has 0 saturated carbocycles. The number of nitrogens with zero attached hydrogens (tertiary/aromatic N) is 2. The number of thiophene rings is 1. The van der Waals surface area contributed by atoms with Crippen LogP contribution in [0.5, 0.6) is 0 Å². The molecule has 1 aromatic carbocycles. The first-order valence-electron chi connectivity index (χ1n) is 9.14. The molecule has 1 aliphatic heterocycles. The summed E-state index contributed by atoms with van der Waals surface area (Å²) >= 11 is 7.42. The van der Waals surface area contributed by atoms with E-state index >= 15 is 0 Å². The van der Waals surface area contributed by atoms with Crippen LogP contribution in [0.2, 0.25) is 0 Å².